The van der Waals surface area contributed by atoms with Crippen LogP contribution >= 0.6 is 12.2 Å². The molecule has 1 atom stereocenters. The topological polar surface area (TPSA) is 24.1 Å². The largest absolute Gasteiger partial charge is 0.356 e. The van der Waals surface area contributed by atoms with Crippen molar-refractivity contribution in [3.8, 4) is 0 Å². The van der Waals surface area contributed by atoms with Crippen LogP contribution in [0.4, 0.5) is 5.69 Å². The van der Waals surface area contributed by atoms with Gasteiger partial charge in [-0.15, -0.1) is 0 Å². The van der Waals surface area contributed by atoms with E-state index < -0.39 is 0 Å². The third-order valence-electron chi connectivity index (χ3n) is 3.63. The van der Waals surface area contributed by atoms with Crippen molar-refractivity contribution in [3.63, 3.8) is 0 Å². The molecule has 21 heavy (non-hydrogen) atoms. The standard InChI is InChI=1S/C18H22N2S/c1-12-9-10-17(14(3)11-12)20-18(21)19-15(4)16-8-6-5-7-13(16)2/h5-11,15H,1-4H3,(H2,19,20,21). The average molecular weight is 298 g/mol. The number of rotatable bonds is 3. The van der Waals surface area contributed by atoms with Gasteiger partial charge in [0.2, 0.25) is 0 Å². The molecule has 0 aromatic heterocycles. The minimum absolute atomic E-state index is 0.178. The zero-order valence-electron chi connectivity index (χ0n) is 13.0. The number of hydrogen-bond donors (Lipinski definition) is 2. The second-order valence-electron chi connectivity index (χ2n) is 5.50. The molecule has 1 unspecified atom stereocenters. The van der Waals surface area contributed by atoms with Gasteiger partial charge in [-0.1, -0.05) is 42.0 Å². The zero-order valence-corrected chi connectivity index (χ0v) is 13.8. The van der Waals surface area contributed by atoms with E-state index in [2.05, 4.69) is 80.8 Å². The molecule has 2 aromatic carbocycles. The summed E-state index contributed by atoms with van der Waals surface area (Å²) in [6.07, 6.45) is 0. The first-order valence-corrected chi connectivity index (χ1v) is 7.58. The van der Waals surface area contributed by atoms with Crippen LogP contribution in [0.1, 0.15) is 35.2 Å². The van der Waals surface area contributed by atoms with Crippen LogP contribution in [-0.4, -0.2) is 5.11 Å². The highest BCUT2D eigenvalue weighted by atomic mass is 32.1. The molecule has 0 saturated heterocycles. The summed E-state index contributed by atoms with van der Waals surface area (Å²) in [6, 6.07) is 14.8. The van der Waals surface area contributed by atoms with Crippen LogP contribution in [0.25, 0.3) is 0 Å². The molecule has 2 nitrogen and oxygen atoms in total. The van der Waals surface area contributed by atoms with E-state index in [9.17, 15) is 0 Å². The van der Waals surface area contributed by atoms with Gasteiger partial charge in [-0.05, 0) is 62.7 Å². The van der Waals surface area contributed by atoms with Crippen LogP contribution in [0.15, 0.2) is 42.5 Å². The molecule has 0 heterocycles. The fraction of sp³-hybridized carbons (Fsp3) is 0.278. The van der Waals surface area contributed by atoms with E-state index in [4.69, 9.17) is 12.2 Å². The highest BCUT2D eigenvalue weighted by Crippen LogP contribution is 2.18. The van der Waals surface area contributed by atoms with Crippen LogP contribution in [0.5, 0.6) is 0 Å². The molecule has 0 spiro atoms. The summed E-state index contributed by atoms with van der Waals surface area (Å²) in [5, 5.41) is 7.28. The van der Waals surface area contributed by atoms with Crippen molar-refractivity contribution in [2.45, 2.75) is 33.7 Å². The molecule has 0 aliphatic rings. The van der Waals surface area contributed by atoms with E-state index in [0.717, 1.165) is 5.69 Å². The molecule has 2 rings (SSSR count). The zero-order chi connectivity index (χ0) is 15.4. The minimum Gasteiger partial charge on any atom is -0.356 e. The lowest BCUT2D eigenvalue weighted by Gasteiger charge is -2.19. The van der Waals surface area contributed by atoms with Crippen molar-refractivity contribution in [2.75, 3.05) is 5.32 Å². The Kier molecular flexibility index (Phi) is 4.97. The molecule has 0 bridgehead atoms. The van der Waals surface area contributed by atoms with Gasteiger partial charge in [-0.25, -0.2) is 0 Å². The van der Waals surface area contributed by atoms with Gasteiger partial charge in [0, 0.05) is 5.69 Å². The molecule has 3 heteroatoms. The van der Waals surface area contributed by atoms with Crippen LogP contribution in [0.3, 0.4) is 0 Å². The Morgan fingerprint density at radius 2 is 1.71 bits per heavy atom. The highest BCUT2D eigenvalue weighted by Gasteiger charge is 2.09. The molecule has 110 valence electrons. The molecule has 0 saturated carbocycles. The number of thiocarbonyl (C=S) groups is 1. The Bertz CT molecular complexity index is 649. The van der Waals surface area contributed by atoms with Gasteiger partial charge in [0.15, 0.2) is 5.11 Å². The molecular weight excluding hydrogens is 276 g/mol. The second kappa shape index (κ2) is 6.72. The molecule has 0 radical (unpaired) electrons. The van der Waals surface area contributed by atoms with E-state index in [-0.39, 0.29) is 6.04 Å². The highest BCUT2D eigenvalue weighted by molar-refractivity contribution is 7.80. The fourth-order valence-corrected chi connectivity index (χ4v) is 2.75. The Balaban J connectivity index is 2.03. The van der Waals surface area contributed by atoms with Crippen molar-refractivity contribution in [1.29, 1.82) is 0 Å². The van der Waals surface area contributed by atoms with Gasteiger partial charge in [-0.3, -0.25) is 0 Å². The van der Waals surface area contributed by atoms with Gasteiger partial charge in [-0.2, -0.15) is 0 Å². The number of hydrogen-bond acceptors (Lipinski definition) is 1. The van der Waals surface area contributed by atoms with E-state index >= 15 is 0 Å². The normalized spacial score (nSPS) is 11.8. The van der Waals surface area contributed by atoms with Crippen molar-refractivity contribution in [2.24, 2.45) is 0 Å². The van der Waals surface area contributed by atoms with E-state index in [1.165, 1.54) is 22.3 Å². The van der Waals surface area contributed by atoms with E-state index in [0.29, 0.717) is 5.11 Å². The van der Waals surface area contributed by atoms with E-state index in [1.54, 1.807) is 0 Å². The van der Waals surface area contributed by atoms with Crippen LogP contribution in [-0.2, 0) is 0 Å². The summed E-state index contributed by atoms with van der Waals surface area (Å²) in [4.78, 5) is 0. The smallest absolute Gasteiger partial charge is 0.171 e. The summed E-state index contributed by atoms with van der Waals surface area (Å²) in [7, 11) is 0. The van der Waals surface area contributed by atoms with Gasteiger partial charge in [0.1, 0.15) is 0 Å². The summed E-state index contributed by atoms with van der Waals surface area (Å²) in [5.74, 6) is 0. The van der Waals surface area contributed by atoms with Crippen molar-refractivity contribution < 1.29 is 0 Å². The summed E-state index contributed by atoms with van der Waals surface area (Å²) in [6.45, 7) is 8.42. The third-order valence-corrected chi connectivity index (χ3v) is 3.85. The van der Waals surface area contributed by atoms with Crippen molar-refractivity contribution in [1.82, 2.24) is 5.32 Å². The Hall–Kier alpha value is -1.87. The van der Waals surface area contributed by atoms with E-state index in [1.807, 2.05) is 0 Å². The second-order valence-corrected chi connectivity index (χ2v) is 5.90. The summed E-state index contributed by atoms with van der Waals surface area (Å²) in [5.41, 5.74) is 6.04. The van der Waals surface area contributed by atoms with Crippen molar-refractivity contribution >= 4 is 23.0 Å². The predicted molar refractivity (Wildman–Crippen MR) is 94.9 cm³/mol. The van der Waals surface area contributed by atoms with Crippen LogP contribution in [0.2, 0.25) is 0 Å². The monoisotopic (exact) mass is 298 g/mol. The Labute approximate surface area is 132 Å². The SMILES string of the molecule is Cc1ccc(NC(=S)NC(C)c2ccccc2C)c(C)c1. The maximum atomic E-state index is 5.43. The molecule has 2 N–H and O–H groups in total. The number of benzene rings is 2. The van der Waals surface area contributed by atoms with Gasteiger partial charge in [0.25, 0.3) is 0 Å². The van der Waals surface area contributed by atoms with Crippen LogP contribution < -0.4 is 10.6 Å². The third kappa shape index (κ3) is 4.05. The average Bonchev–Trinajstić information content (AvgIpc) is 2.42. The lowest BCUT2D eigenvalue weighted by Crippen LogP contribution is -2.31. The molecule has 2 aromatic rings. The van der Waals surface area contributed by atoms with Crippen LogP contribution in [0, 0.1) is 20.8 Å². The maximum absolute atomic E-state index is 5.43. The molecule has 0 aliphatic carbocycles. The fourth-order valence-electron chi connectivity index (χ4n) is 2.46. The molecule has 0 fully saturated rings. The van der Waals surface area contributed by atoms with Gasteiger partial charge < -0.3 is 10.6 Å². The molecule has 0 aliphatic heterocycles. The Morgan fingerprint density at radius 1 is 1.00 bits per heavy atom. The first-order valence-electron chi connectivity index (χ1n) is 7.17. The van der Waals surface area contributed by atoms with Gasteiger partial charge >= 0.3 is 0 Å². The number of aryl methyl sites for hydroxylation is 3. The van der Waals surface area contributed by atoms with Gasteiger partial charge in [0.05, 0.1) is 6.04 Å². The quantitative estimate of drug-likeness (QED) is 0.806. The van der Waals surface area contributed by atoms with Crippen molar-refractivity contribution in [3.05, 3.63) is 64.7 Å². The maximum Gasteiger partial charge on any atom is 0.171 e. The number of nitrogens with one attached hydrogen (secondary N) is 2. The lowest BCUT2D eigenvalue weighted by atomic mass is 10.0. The predicted octanol–water partition coefficient (Wildman–Crippen LogP) is 4.66. The number of anilines is 1. The first-order chi connectivity index (χ1) is 9.97. The summed E-state index contributed by atoms with van der Waals surface area (Å²) < 4.78 is 0. The minimum atomic E-state index is 0.178. The molecule has 0 amide bonds. The lowest BCUT2D eigenvalue weighted by molar-refractivity contribution is 0.717. The Morgan fingerprint density at radius 3 is 2.38 bits per heavy atom. The first kappa shape index (κ1) is 15.5. The molecular formula is C18H22N2S. The summed E-state index contributed by atoms with van der Waals surface area (Å²) >= 11 is 5.43.